The standard InChI is InChI=1S/Hg.2O.Ti. The van der Waals surface area contributed by atoms with Gasteiger partial charge in [0.05, 0.1) is 0 Å². The zero-order valence-electron chi connectivity index (χ0n) is 2.02. The molecule has 0 fully saturated rings. The average molecular weight is 280 g/mol. The number of hydrogen-bond donors (Lipinski definition) is 0. The van der Waals surface area contributed by atoms with Gasteiger partial charge in [0.15, 0.2) is 0 Å². The van der Waals surface area contributed by atoms with Gasteiger partial charge in [0.25, 0.3) is 0 Å². The van der Waals surface area contributed by atoms with Crippen molar-refractivity contribution in [3.05, 3.63) is 0 Å². The van der Waals surface area contributed by atoms with Gasteiger partial charge in [-0.1, -0.05) is 0 Å². The van der Waals surface area contributed by atoms with Crippen LogP contribution in [0.15, 0.2) is 0 Å². The first-order chi connectivity index (χ1) is 1.41. The molecule has 2 nitrogen and oxygen atoms in total. The third-order valence-corrected chi connectivity index (χ3v) is 0. The van der Waals surface area contributed by atoms with Crippen molar-refractivity contribution in [1.29, 1.82) is 0 Å². The van der Waals surface area contributed by atoms with Gasteiger partial charge in [0.1, 0.15) is 0 Å². The molecule has 0 aromatic carbocycles. The van der Waals surface area contributed by atoms with Gasteiger partial charge in [0.2, 0.25) is 0 Å². The second kappa shape index (κ2) is 8.87. The van der Waals surface area contributed by atoms with Gasteiger partial charge in [-0.25, -0.2) is 0 Å². The summed E-state index contributed by atoms with van der Waals surface area (Å²) in [7, 11) is 0. The summed E-state index contributed by atoms with van der Waals surface area (Å²) in [6.45, 7) is 0. The van der Waals surface area contributed by atoms with E-state index in [1.807, 2.05) is 0 Å². The fraction of sp³-hybridized carbons (Fsp3) is 0. The summed E-state index contributed by atoms with van der Waals surface area (Å²) in [5.74, 6) is 0. The van der Waals surface area contributed by atoms with Crippen LogP contribution in [-0.4, -0.2) is 0 Å². The van der Waals surface area contributed by atoms with Gasteiger partial charge in [-0.3, -0.25) is 0 Å². The van der Waals surface area contributed by atoms with Crippen LogP contribution in [0.1, 0.15) is 0 Å². The van der Waals surface area contributed by atoms with E-state index in [0.29, 0.717) is 0 Å². The Kier molecular flexibility index (Phi) is 19.9. The van der Waals surface area contributed by atoms with Crippen molar-refractivity contribution in [3.63, 3.8) is 0 Å². The summed E-state index contributed by atoms with van der Waals surface area (Å²) in [5, 5.41) is 0. The van der Waals surface area contributed by atoms with Crippen molar-refractivity contribution in [2.24, 2.45) is 0 Å². The van der Waals surface area contributed by atoms with Gasteiger partial charge >= 0.3 is 25.7 Å². The first kappa shape index (κ1) is 8.98. The van der Waals surface area contributed by atoms with Crippen molar-refractivity contribution >= 4 is 0 Å². The van der Waals surface area contributed by atoms with Gasteiger partial charge in [-0.05, 0) is 0 Å². The van der Waals surface area contributed by atoms with Gasteiger partial charge in [0, 0.05) is 27.7 Å². The Bertz CT molecular complexity index is 27.0. The minimum atomic E-state index is -2.00. The molecule has 0 saturated carbocycles. The van der Waals surface area contributed by atoms with Crippen molar-refractivity contribution in [2.45, 2.75) is 0 Å². The van der Waals surface area contributed by atoms with Crippen LogP contribution in [0.2, 0.25) is 0 Å². The molecule has 4 heteroatoms. The molecule has 0 aliphatic heterocycles. The van der Waals surface area contributed by atoms with Crippen molar-refractivity contribution in [1.82, 2.24) is 0 Å². The fourth-order valence-electron chi connectivity index (χ4n) is 0. The van der Waals surface area contributed by atoms with Crippen LogP contribution in [0.3, 0.4) is 0 Å². The molecular formula is HgO2Ti. The van der Waals surface area contributed by atoms with Gasteiger partial charge in [-0.15, -0.1) is 0 Å². The SMILES string of the molecule is [Hg].[O]=[Ti]=[O]. The average Bonchev–Trinajstić information content (AvgIpc) is 0.918. The zero-order valence-corrected chi connectivity index (χ0v) is 9.08. The monoisotopic (exact) mass is 282 g/mol. The van der Waals surface area contributed by atoms with Crippen molar-refractivity contribution < 1.29 is 53.4 Å². The number of rotatable bonds is 0. The first-order valence-electron chi connectivity index (χ1n) is 0.408. The Morgan fingerprint density at radius 1 is 1.25 bits per heavy atom. The fourth-order valence-corrected chi connectivity index (χ4v) is 0. The predicted molar refractivity (Wildman–Crippen MR) is 1.37 cm³/mol. The Hall–Kier alpha value is 1.25. The summed E-state index contributed by atoms with van der Waals surface area (Å²) < 4.78 is 17.0. The van der Waals surface area contributed by atoms with E-state index in [0.717, 1.165) is 0 Å². The molecule has 4 heavy (non-hydrogen) atoms. The molecular weight excluding hydrogens is 280 g/mol. The topological polar surface area (TPSA) is 34.1 Å². The third kappa shape index (κ3) is 10.5. The number of hydrogen-bond acceptors (Lipinski definition) is 2. The molecule has 0 heterocycles. The Morgan fingerprint density at radius 3 is 1.25 bits per heavy atom. The van der Waals surface area contributed by atoms with E-state index in [4.69, 9.17) is 6.65 Å². The molecule has 0 spiro atoms. The quantitative estimate of drug-likeness (QED) is 0.574. The van der Waals surface area contributed by atoms with E-state index in [1.54, 1.807) is 0 Å². The minimum absolute atomic E-state index is 0. The summed E-state index contributed by atoms with van der Waals surface area (Å²) in [6, 6.07) is 0. The van der Waals surface area contributed by atoms with Crippen molar-refractivity contribution in [3.8, 4) is 0 Å². The van der Waals surface area contributed by atoms with Crippen LogP contribution in [0.25, 0.3) is 0 Å². The molecule has 0 rings (SSSR count). The summed E-state index contributed by atoms with van der Waals surface area (Å²) in [4.78, 5) is 0. The van der Waals surface area contributed by atoms with Crippen molar-refractivity contribution in [2.75, 3.05) is 0 Å². The van der Waals surface area contributed by atoms with Gasteiger partial charge in [-0.2, -0.15) is 0 Å². The molecule has 0 atom stereocenters. The third-order valence-electron chi connectivity index (χ3n) is 0. The van der Waals surface area contributed by atoms with E-state index >= 15 is 0 Å². The molecule has 0 aliphatic rings. The molecule has 0 N–H and O–H groups in total. The molecule has 18 valence electrons. The van der Waals surface area contributed by atoms with Crippen LogP contribution in [0.5, 0.6) is 0 Å². The van der Waals surface area contributed by atoms with Gasteiger partial charge < -0.3 is 0 Å². The Balaban J connectivity index is 0. The molecule has 0 aromatic rings. The molecule has 0 amide bonds. The van der Waals surface area contributed by atoms with Crippen LogP contribution < -0.4 is 0 Å². The second-order valence-corrected chi connectivity index (χ2v) is 0.344. The van der Waals surface area contributed by atoms with E-state index < -0.39 is 19.1 Å². The van der Waals surface area contributed by atoms with Crippen LogP contribution >= 0.6 is 0 Å². The molecule has 0 radical (unpaired) electrons. The summed E-state index contributed by atoms with van der Waals surface area (Å²) >= 11 is -2.00. The maximum atomic E-state index is 8.50. The second-order valence-electron chi connectivity index (χ2n) is 0.0833. The van der Waals surface area contributed by atoms with Crippen LogP contribution in [0, 0.1) is 0 Å². The van der Waals surface area contributed by atoms with E-state index in [9.17, 15) is 0 Å². The molecule has 0 aliphatic carbocycles. The molecule has 0 bridgehead atoms. The zero-order chi connectivity index (χ0) is 2.71. The van der Waals surface area contributed by atoms with Crippen LogP contribution in [0.4, 0.5) is 0 Å². The van der Waals surface area contributed by atoms with E-state index in [1.165, 1.54) is 0 Å². The van der Waals surface area contributed by atoms with E-state index in [2.05, 4.69) is 0 Å². The summed E-state index contributed by atoms with van der Waals surface area (Å²) in [5.41, 5.74) is 0. The molecule has 0 saturated heterocycles. The maximum absolute atomic E-state index is 8.50. The molecule has 0 aromatic heterocycles. The van der Waals surface area contributed by atoms with E-state index in [-0.39, 0.29) is 27.7 Å². The first-order valence-corrected chi connectivity index (χ1v) is 1.68. The van der Waals surface area contributed by atoms with Crippen LogP contribution in [-0.2, 0) is 53.4 Å². The summed E-state index contributed by atoms with van der Waals surface area (Å²) in [6.07, 6.45) is 0. The normalized spacial score (nSPS) is 2.00. The Morgan fingerprint density at radius 2 is 1.25 bits per heavy atom. The Labute approximate surface area is 53.0 Å². The molecule has 0 unspecified atom stereocenters. The predicted octanol–water partition coefficient (Wildman–Crippen LogP) is -0.243.